The number of rotatable bonds is 3. The zero-order valence-electron chi connectivity index (χ0n) is 11.0. The van der Waals surface area contributed by atoms with Crippen LogP contribution >= 0.6 is 15.9 Å². The molecule has 112 valence electrons. The fraction of sp³-hybridized carbons (Fsp3) is 0.571. The lowest BCUT2D eigenvalue weighted by atomic mass is 9.90. The second-order valence-corrected chi connectivity index (χ2v) is 6.23. The largest absolute Gasteiger partial charge is 0.407 e. The molecule has 3 atom stereocenters. The Labute approximate surface area is 125 Å². The van der Waals surface area contributed by atoms with Gasteiger partial charge in [-0.3, -0.25) is 5.32 Å². The molecule has 0 amide bonds. The van der Waals surface area contributed by atoms with Crippen molar-refractivity contribution >= 4 is 15.9 Å². The highest BCUT2D eigenvalue weighted by atomic mass is 79.9. The minimum atomic E-state index is -4.31. The lowest BCUT2D eigenvalue weighted by Gasteiger charge is -2.32. The number of nitrogens with two attached hydrogens (primary N) is 1. The molecule has 1 aromatic carbocycles. The van der Waals surface area contributed by atoms with E-state index in [0.717, 1.165) is 23.7 Å². The first-order valence-corrected chi connectivity index (χ1v) is 7.49. The molecule has 1 saturated carbocycles. The van der Waals surface area contributed by atoms with Crippen LogP contribution in [-0.2, 0) is 0 Å². The number of benzene rings is 1. The summed E-state index contributed by atoms with van der Waals surface area (Å²) in [6.07, 6.45) is -1.19. The molecule has 1 unspecified atom stereocenters. The molecule has 3 N–H and O–H groups in total. The van der Waals surface area contributed by atoms with E-state index >= 15 is 0 Å². The molecule has 1 aliphatic carbocycles. The standard InChI is InChI=1S/C14H18BrF3N2/c15-10-6-4-9(5-7-10)13(14(16,17)18)20-12-3-1-2-11(19)8-12/h4-7,11-13,20H,1-3,8,19H2/t11-,12+,13?/m1/s1. The summed E-state index contributed by atoms with van der Waals surface area (Å²) in [6.45, 7) is 0. The highest BCUT2D eigenvalue weighted by molar-refractivity contribution is 9.10. The van der Waals surface area contributed by atoms with Crippen LogP contribution in [0.3, 0.4) is 0 Å². The zero-order valence-corrected chi connectivity index (χ0v) is 12.5. The van der Waals surface area contributed by atoms with Gasteiger partial charge in [-0.2, -0.15) is 13.2 Å². The van der Waals surface area contributed by atoms with E-state index in [-0.39, 0.29) is 17.6 Å². The third-order valence-corrected chi connectivity index (χ3v) is 4.18. The first-order valence-electron chi connectivity index (χ1n) is 6.70. The predicted molar refractivity (Wildman–Crippen MR) is 76.3 cm³/mol. The fourth-order valence-electron chi connectivity index (χ4n) is 2.65. The van der Waals surface area contributed by atoms with Crippen molar-refractivity contribution in [2.45, 2.75) is 50.0 Å². The number of alkyl halides is 3. The summed E-state index contributed by atoms with van der Waals surface area (Å²) in [7, 11) is 0. The monoisotopic (exact) mass is 350 g/mol. The van der Waals surface area contributed by atoms with Crippen LogP contribution in [0.5, 0.6) is 0 Å². The summed E-state index contributed by atoms with van der Waals surface area (Å²) >= 11 is 3.23. The van der Waals surface area contributed by atoms with E-state index in [0.29, 0.717) is 6.42 Å². The number of nitrogens with one attached hydrogen (secondary N) is 1. The summed E-state index contributed by atoms with van der Waals surface area (Å²) in [5, 5.41) is 2.74. The quantitative estimate of drug-likeness (QED) is 0.867. The summed E-state index contributed by atoms with van der Waals surface area (Å²) in [5.41, 5.74) is 6.08. The van der Waals surface area contributed by atoms with Gasteiger partial charge in [0.15, 0.2) is 0 Å². The average Bonchev–Trinajstić information content (AvgIpc) is 2.36. The smallest absolute Gasteiger partial charge is 0.328 e. The van der Waals surface area contributed by atoms with Crippen LogP contribution in [0.2, 0.25) is 0 Å². The molecular weight excluding hydrogens is 333 g/mol. The lowest BCUT2D eigenvalue weighted by molar-refractivity contribution is -0.160. The SMILES string of the molecule is N[C@@H]1CCC[C@H](NC(c2ccc(Br)cc2)C(F)(F)F)C1. The summed E-state index contributed by atoms with van der Waals surface area (Å²) in [5.74, 6) is 0. The molecular formula is C14H18BrF3N2. The summed E-state index contributed by atoms with van der Waals surface area (Å²) in [4.78, 5) is 0. The van der Waals surface area contributed by atoms with Crippen LogP contribution in [-0.4, -0.2) is 18.3 Å². The minimum absolute atomic E-state index is 0.0000477. The van der Waals surface area contributed by atoms with Gasteiger partial charge in [0.2, 0.25) is 0 Å². The highest BCUT2D eigenvalue weighted by Crippen LogP contribution is 2.34. The van der Waals surface area contributed by atoms with E-state index in [9.17, 15) is 13.2 Å². The molecule has 2 rings (SSSR count). The molecule has 1 fully saturated rings. The van der Waals surface area contributed by atoms with E-state index in [1.807, 2.05) is 0 Å². The Morgan fingerprint density at radius 3 is 2.40 bits per heavy atom. The maximum atomic E-state index is 13.3. The van der Waals surface area contributed by atoms with Crippen molar-refractivity contribution in [2.24, 2.45) is 5.73 Å². The third-order valence-electron chi connectivity index (χ3n) is 3.65. The number of halogens is 4. The van der Waals surface area contributed by atoms with Gasteiger partial charge < -0.3 is 5.73 Å². The van der Waals surface area contributed by atoms with Crippen molar-refractivity contribution in [3.8, 4) is 0 Å². The second kappa shape index (κ2) is 6.45. The molecule has 0 radical (unpaired) electrons. The molecule has 1 aromatic rings. The number of hydrogen-bond acceptors (Lipinski definition) is 2. The van der Waals surface area contributed by atoms with Gasteiger partial charge in [-0.15, -0.1) is 0 Å². The Kier molecular flexibility index (Phi) is 5.09. The van der Waals surface area contributed by atoms with Crippen LogP contribution < -0.4 is 11.1 Å². The maximum Gasteiger partial charge on any atom is 0.407 e. The molecule has 20 heavy (non-hydrogen) atoms. The van der Waals surface area contributed by atoms with Crippen LogP contribution in [0.4, 0.5) is 13.2 Å². The van der Waals surface area contributed by atoms with Crippen molar-refractivity contribution < 1.29 is 13.2 Å². The molecule has 1 aliphatic rings. The fourth-order valence-corrected chi connectivity index (χ4v) is 2.91. The number of hydrogen-bond donors (Lipinski definition) is 2. The van der Waals surface area contributed by atoms with Gasteiger partial charge in [0.05, 0.1) is 0 Å². The predicted octanol–water partition coefficient (Wildman–Crippen LogP) is 3.91. The third kappa shape index (κ3) is 4.20. The van der Waals surface area contributed by atoms with Gasteiger partial charge in [0, 0.05) is 16.6 Å². The first kappa shape index (κ1) is 15.8. The average molecular weight is 351 g/mol. The lowest BCUT2D eigenvalue weighted by Crippen LogP contribution is -2.45. The molecule has 6 heteroatoms. The van der Waals surface area contributed by atoms with Gasteiger partial charge in [0.25, 0.3) is 0 Å². The van der Waals surface area contributed by atoms with Gasteiger partial charge in [0.1, 0.15) is 6.04 Å². The van der Waals surface area contributed by atoms with Crippen LogP contribution in [0.15, 0.2) is 28.7 Å². The second-order valence-electron chi connectivity index (χ2n) is 5.32. The van der Waals surface area contributed by atoms with E-state index in [1.54, 1.807) is 12.1 Å². The van der Waals surface area contributed by atoms with Gasteiger partial charge in [-0.25, -0.2) is 0 Å². The van der Waals surface area contributed by atoms with E-state index in [4.69, 9.17) is 5.73 Å². The Morgan fingerprint density at radius 1 is 1.20 bits per heavy atom. The Bertz CT molecular complexity index is 433. The summed E-state index contributed by atoms with van der Waals surface area (Å²) < 4.78 is 40.5. The topological polar surface area (TPSA) is 38.0 Å². The molecule has 0 aliphatic heterocycles. The zero-order chi connectivity index (χ0) is 14.8. The van der Waals surface area contributed by atoms with E-state index in [2.05, 4.69) is 21.2 Å². The molecule has 0 bridgehead atoms. The minimum Gasteiger partial charge on any atom is -0.328 e. The molecule has 0 aromatic heterocycles. The van der Waals surface area contributed by atoms with Crippen LogP contribution in [0.1, 0.15) is 37.3 Å². The van der Waals surface area contributed by atoms with Crippen molar-refractivity contribution in [1.82, 2.24) is 5.32 Å². The van der Waals surface area contributed by atoms with Gasteiger partial charge >= 0.3 is 6.18 Å². The normalized spacial score (nSPS) is 25.4. The molecule has 0 saturated heterocycles. The highest BCUT2D eigenvalue weighted by Gasteiger charge is 2.42. The molecule has 0 heterocycles. The van der Waals surface area contributed by atoms with E-state index in [1.165, 1.54) is 12.1 Å². The first-order chi connectivity index (χ1) is 9.36. The molecule has 0 spiro atoms. The van der Waals surface area contributed by atoms with Crippen molar-refractivity contribution in [1.29, 1.82) is 0 Å². The van der Waals surface area contributed by atoms with Gasteiger partial charge in [-0.1, -0.05) is 34.5 Å². The van der Waals surface area contributed by atoms with Gasteiger partial charge in [-0.05, 0) is 37.0 Å². The van der Waals surface area contributed by atoms with Crippen molar-refractivity contribution in [3.05, 3.63) is 34.3 Å². The Balaban J connectivity index is 2.14. The molecule has 2 nitrogen and oxygen atoms in total. The maximum absolute atomic E-state index is 13.3. The Hall–Kier alpha value is -0.590. The van der Waals surface area contributed by atoms with E-state index < -0.39 is 12.2 Å². The Morgan fingerprint density at radius 2 is 1.85 bits per heavy atom. The van der Waals surface area contributed by atoms with Crippen LogP contribution in [0.25, 0.3) is 0 Å². The van der Waals surface area contributed by atoms with Crippen molar-refractivity contribution in [2.75, 3.05) is 0 Å². The van der Waals surface area contributed by atoms with Crippen LogP contribution in [0, 0.1) is 0 Å². The van der Waals surface area contributed by atoms with Crippen molar-refractivity contribution in [3.63, 3.8) is 0 Å². The summed E-state index contributed by atoms with van der Waals surface area (Å²) in [6, 6.07) is 4.45.